The van der Waals surface area contributed by atoms with Crippen molar-refractivity contribution in [2.45, 2.75) is 13.8 Å². The Hall–Kier alpha value is -1.86. The van der Waals surface area contributed by atoms with Crippen molar-refractivity contribution in [3.63, 3.8) is 0 Å². The number of thiocarbonyl (C=S) groups is 1. The molecule has 0 aliphatic rings. The predicted molar refractivity (Wildman–Crippen MR) is 92.2 cm³/mol. The van der Waals surface area contributed by atoms with E-state index in [-0.39, 0.29) is 16.6 Å². The van der Waals surface area contributed by atoms with Crippen LogP contribution in [0.1, 0.15) is 18.2 Å². The van der Waals surface area contributed by atoms with Gasteiger partial charge >= 0.3 is 0 Å². The summed E-state index contributed by atoms with van der Waals surface area (Å²) < 4.78 is 1.00. The van der Waals surface area contributed by atoms with E-state index < -0.39 is 0 Å². The second kappa shape index (κ2) is 6.73. The smallest absolute Gasteiger partial charge is 0.252 e. The lowest BCUT2D eigenvalue weighted by Gasteiger charge is -2.05. The Bertz CT molecular complexity index is 752. The van der Waals surface area contributed by atoms with Gasteiger partial charge in [0, 0.05) is 21.9 Å². The zero-order valence-corrected chi connectivity index (χ0v) is 13.9. The number of aromatic nitrogens is 2. The van der Waals surface area contributed by atoms with Crippen molar-refractivity contribution in [3.05, 3.63) is 56.4 Å². The molecule has 0 radical (unpaired) electrons. The van der Waals surface area contributed by atoms with E-state index in [0.29, 0.717) is 5.69 Å². The SMILES string of the molecule is C/C(=N\C(=S)Nc1nc(C)cc(=O)[nH]1)c1ccc(Br)cc1. The van der Waals surface area contributed by atoms with E-state index >= 15 is 0 Å². The lowest BCUT2D eigenvalue weighted by Crippen LogP contribution is -2.16. The van der Waals surface area contributed by atoms with E-state index in [1.165, 1.54) is 6.07 Å². The van der Waals surface area contributed by atoms with Gasteiger partial charge in [0.25, 0.3) is 5.56 Å². The molecule has 0 spiro atoms. The first kappa shape index (κ1) is 15.5. The van der Waals surface area contributed by atoms with Crippen LogP contribution in [0.25, 0.3) is 0 Å². The molecule has 7 heteroatoms. The van der Waals surface area contributed by atoms with Gasteiger partial charge in [0.15, 0.2) is 5.11 Å². The molecule has 1 heterocycles. The van der Waals surface area contributed by atoms with Gasteiger partial charge in [-0.1, -0.05) is 28.1 Å². The summed E-state index contributed by atoms with van der Waals surface area (Å²) in [4.78, 5) is 22.3. The standard InChI is InChI=1S/C14H13BrN4OS/c1-8-7-12(20)18-13(16-8)19-14(21)17-9(2)10-3-5-11(15)6-4-10/h3-7H,1-2H3,(H2,16,18,19,20,21)/b17-9+. The number of nitrogens with one attached hydrogen (secondary N) is 2. The maximum atomic E-state index is 11.3. The number of hydrogen-bond donors (Lipinski definition) is 2. The maximum absolute atomic E-state index is 11.3. The number of aliphatic imine (C=N–C) groups is 1. The molecule has 5 nitrogen and oxygen atoms in total. The molecule has 2 rings (SSSR count). The minimum absolute atomic E-state index is 0.235. The second-order valence-electron chi connectivity index (χ2n) is 4.37. The van der Waals surface area contributed by atoms with Crippen LogP contribution in [0.4, 0.5) is 5.95 Å². The Kier molecular flexibility index (Phi) is 4.98. The molecule has 0 aliphatic heterocycles. The van der Waals surface area contributed by atoms with Crippen LogP contribution in [-0.4, -0.2) is 20.8 Å². The number of benzene rings is 1. The summed E-state index contributed by atoms with van der Waals surface area (Å²) in [6.45, 7) is 3.60. The Morgan fingerprint density at radius 2 is 2.05 bits per heavy atom. The Labute approximate surface area is 135 Å². The Morgan fingerprint density at radius 1 is 1.38 bits per heavy atom. The number of hydrogen-bond acceptors (Lipinski definition) is 3. The molecular weight excluding hydrogens is 352 g/mol. The van der Waals surface area contributed by atoms with Gasteiger partial charge in [0.05, 0.1) is 0 Å². The summed E-state index contributed by atoms with van der Waals surface area (Å²) in [6, 6.07) is 9.16. The van der Waals surface area contributed by atoms with Gasteiger partial charge in [-0.2, -0.15) is 0 Å². The van der Waals surface area contributed by atoms with Gasteiger partial charge < -0.3 is 5.32 Å². The van der Waals surface area contributed by atoms with Crippen molar-refractivity contribution < 1.29 is 0 Å². The average Bonchev–Trinajstić information content (AvgIpc) is 2.37. The van der Waals surface area contributed by atoms with Crippen LogP contribution in [0.15, 0.2) is 44.6 Å². The number of halogens is 1. The van der Waals surface area contributed by atoms with E-state index in [4.69, 9.17) is 12.2 Å². The summed E-state index contributed by atoms with van der Waals surface area (Å²) >= 11 is 8.54. The minimum atomic E-state index is -0.235. The van der Waals surface area contributed by atoms with Crippen LogP contribution in [-0.2, 0) is 0 Å². The third kappa shape index (κ3) is 4.57. The van der Waals surface area contributed by atoms with Crippen molar-refractivity contribution >= 4 is 44.9 Å². The van der Waals surface area contributed by atoms with Crippen LogP contribution < -0.4 is 10.9 Å². The summed E-state index contributed by atoms with van der Waals surface area (Å²) in [5.41, 5.74) is 2.11. The van der Waals surface area contributed by atoms with Crippen LogP contribution in [0, 0.1) is 6.92 Å². The largest absolute Gasteiger partial charge is 0.301 e. The third-order valence-electron chi connectivity index (χ3n) is 2.63. The van der Waals surface area contributed by atoms with Crippen molar-refractivity contribution in [2.24, 2.45) is 4.99 Å². The zero-order valence-electron chi connectivity index (χ0n) is 11.5. The Balaban J connectivity index is 2.14. The average molecular weight is 365 g/mol. The lowest BCUT2D eigenvalue weighted by molar-refractivity contribution is 1.08. The van der Waals surface area contributed by atoms with E-state index in [1.807, 2.05) is 31.2 Å². The number of aryl methyl sites for hydroxylation is 1. The van der Waals surface area contributed by atoms with E-state index in [1.54, 1.807) is 6.92 Å². The molecule has 0 saturated carbocycles. The molecule has 21 heavy (non-hydrogen) atoms. The molecule has 0 aliphatic carbocycles. The molecule has 0 amide bonds. The van der Waals surface area contributed by atoms with Crippen LogP contribution in [0.2, 0.25) is 0 Å². The van der Waals surface area contributed by atoms with Crippen LogP contribution >= 0.6 is 28.1 Å². The highest BCUT2D eigenvalue weighted by atomic mass is 79.9. The van der Waals surface area contributed by atoms with Crippen molar-refractivity contribution in [1.82, 2.24) is 9.97 Å². The Morgan fingerprint density at radius 3 is 2.67 bits per heavy atom. The molecule has 0 saturated heterocycles. The number of nitrogens with zero attached hydrogens (tertiary/aromatic N) is 2. The van der Waals surface area contributed by atoms with Gasteiger partial charge in [-0.05, 0) is 43.8 Å². The molecule has 1 aromatic heterocycles. The number of aromatic amines is 1. The summed E-state index contributed by atoms with van der Waals surface area (Å²) in [6.07, 6.45) is 0. The molecule has 0 fully saturated rings. The molecular formula is C14H13BrN4OS. The van der Waals surface area contributed by atoms with Gasteiger partial charge in [-0.15, -0.1) is 0 Å². The molecule has 0 atom stereocenters. The first-order chi connectivity index (χ1) is 9.94. The van der Waals surface area contributed by atoms with Crippen molar-refractivity contribution in [2.75, 3.05) is 5.32 Å². The summed E-state index contributed by atoms with van der Waals surface area (Å²) in [7, 11) is 0. The number of H-pyrrole nitrogens is 1. The number of anilines is 1. The molecule has 2 aromatic rings. The fraction of sp³-hybridized carbons (Fsp3) is 0.143. The highest BCUT2D eigenvalue weighted by Gasteiger charge is 2.02. The molecule has 2 N–H and O–H groups in total. The van der Waals surface area contributed by atoms with E-state index in [0.717, 1.165) is 15.7 Å². The lowest BCUT2D eigenvalue weighted by atomic mass is 10.1. The number of rotatable bonds is 2. The topological polar surface area (TPSA) is 70.1 Å². The monoisotopic (exact) mass is 364 g/mol. The van der Waals surface area contributed by atoms with E-state index in [9.17, 15) is 4.79 Å². The highest BCUT2D eigenvalue weighted by molar-refractivity contribution is 9.10. The quantitative estimate of drug-likeness (QED) is 0.634. The maximum Gasteiger partial charge on any atom is 0.252 e. The normalized spacial score (nSPS) is 11.3. The van der Waals surface area contributed by atoms with E-state index in [2.05, 4.69) is 36.2 Å². The fourth-order valence-electron chi connectivity index (χ4n) is 1.68. The molecule has 0 bridgehead atoms. The zero-order chi connectivity index (χ0) is 15.4. The van der Waals surface area contributed by atoms with Crippen molar-refractivity contribution in [1.29, 1.82) is 0 Å². The highest BCUT2D eigenvalue weighted by Crippen LogP contribution is 2.11. The van der Waals surface area contributed by atoms with Crippen LogP contribution in [0.5, 0.6) is 0 Å². The van der Waals surface area contributed by atoms with Crippen molar-refractivity contribution in [3.8, 4) is 0 Å². The molecule has 108 valence electrons. The third-order valence-corrected chi connectivity index (χ3v) is 3.35. The second-order valence-corrected chi connectivity index (χ2v) is 5.67. The fourth-order valence-corrected chi connectivity index (χ4v) is 2.17. The first-order valence-electron chi connectivity index (χ1n) is 6.14. The van der Waals surface area contributed by atoms with Gasteiger partial charge in [0.1, 0.15) is 0 Å². The summed E-state index contributed by atoms with van der Waals surface area (Å²) in [5.74, 6) is 0.289. The minimum Gasteiger partial charge on any atom is -0.301 e. The van der Waals surface area contributed by atoms with Gasteiger partial charge in [-0.3, -0.25) is 9.78 Å². The molecule has 1 aromatic carbocycles. The summed E-state index contributed by atoms with van der Waals surface area (Å²) in [5, 5.41) is 3.04. The predicted octanol–water partition coefficient (Wildman–Crippen LogP) is 3.05. The van der Waals surface area contributed by atoms with Crippen LogP contribution in [0.3, 0.4) is 0 Å². The molecule has 0 unspecified atom stereocenters. The first-order valence-corrected chi connectivity index (χ1v) is 7.34. The van der Waals surface area contributed by atoms with Gasteiger partial charge in [0.2, 0.25) is 5.95 Å². The van der Waals surface area contributed by atoms with Gasteiger partial charge in [-0.25, -0.2) is 9.98 Å².